The molecule has 0 bridgehead atoms. The van der Waals surface area contributed by atoms with Crippen LogP contribution in [-0.4, -0.2) is 11.2 Å². The summed E-state index contributed by atoms with van der Waals surface area (Å²) in [6.45, 7) is 0. The number of fused-ring (bicyclic) bond motifs is 1. The van der Waals surface area contributed by atoms with Gasteiger partial charge in [0.1, 0.15) is 0 Å². The van der Waals surface area contributed by atoms with Crippen LogP contribution in [0.15, 0.2) is 30.3 Å². The van der Waals surface area contributed by atoms with Gasteiger partial charge in [-0.25, -0.2) is 0 Å². The molecule has 2 atom stereocenters. The molecule has 1 aromatic heterocycles. The molecular formula is C14H17NOS. The van der Waals surface area contributed by atoms with E-state index >= 15 is 0 Å². The largest absolute Gasteiger partial charge is 0.393 e. The first-order chi connectivity index (χ1) is 8.17. The molecule has 3 N–H and O–H groups in total. The fourth-order valence-electron chi connectivity index (χ4n) is 2.73. The second-order valence-corrected chi connectivity index (χ2v) is 6.14. The van der Waals surface area contributed by atoms with Gasteiger partial charge in [-0.2, -0.15) is 0 Å². The number of aliphatic hydroxyl groups is 1. The summed E-state index contributed by atoms with van der Waals surface area (Å²) in [6.07, 6.45) is 3.35. The van der Waals surface area contributed by atoms with E-state index in [-0.39, 0.29) is 11.6 Å². The number of thiophene rings is 1. The van der Waals surface area contributed by atoms with Crippen molar-refractivity contribution in [2.75, 3.05) is 0 Å². The number of rotatable bonds is 1. The van der Waals surface area contributed by atoms with Gasteiger partial charge in [0.2, 0.25) is 0 Å². The van der Waals surface area contributed by atoms with Gasteiger partial charge in [0, 0.05) is 9.58 Å². The summed E-state index contributed by atoms with van der Waals surface area (Å²) < 4.78 is 1.28. The molecule has 1 heterocycles. The van der Waals surface area contributed by atoms with Gasteiger partial charge < -0.3 is 10.8 Å². The second-order valence-electron chi connectivity index (χ2n) is 5.05. The van der Waals surface area contributed by atoms with E-state index in [9.17, 15) is 5.11 Å². The maximum atomic E-state index is 9.81. The summed E-state index contributed by atoms with van der Waals surface area (Å²) in [5.74, 6) is 0. The number of nitrogens with two attached hydrogens (primary N) is 1. The summed E-state index contributed by atoms with van der Waals surface area (Å²) in [5, 5.41) is 11.1. The Hall–Kier alpha value is -0.900. The molecule has 0 radical (unpaired) electrons. The first-order valence-electron chi connectivity index (χ1n) is 6.13. The Bertz CT molecular complexity index is 503. The third-order valence-corrected chi connectivity index (χ3v) is 5.01. The van der Waals surface area contributed by atoms with E-state index in [0.29, 0.717) is 6.42 Å². The zero-order valence-electron chi connectivity index (χ0n) is 9.73. The topological polar surface area (TPSA) is 46.2 Å². The van der Waals surface area contributed by atoms with Crippen LogP contribution in [0.25, 0.3) is 10.1 Å². The first-order valence-corrected chi connectivity index (χ1v) is 6.95. The highest BCUT2D eigenvalue weighted by atomic mass is 32.1. The average molecular weight is 247 g/mol. The van der Waals surface area contributed by atoms with Crippen LogP contribution in [-0.2, 0) is 5.54 Å². The smallest absolute Gasteiger partial charge is 0.0561 e. The third-order valence-electron chi connectivity index (χ3n) is 3.68. The molecule has 0 aliphatic heterocycles. The lowest BCUT2D eigenvalue weighted by Gasteiger charge is -2.35. The zero-order chi connectivity index (χ0) is 11.9. The van der Waals surface area contributed by atoms with Crippen molar-refractivity contribution in [3.63, 3.8) is 0 Å². The number of benzene rings is 1. The molecular weight excluding hydrogens is 230 g/mol. The number of aliphatic hydroxyl groups excluding tert-OH is 1. The van der Waals surface area contributed by atoms with E-state index in [1.54, 1.807) is 11.3 Å². The highest BCUT2D eigenvalue weighted by Gasteiger charge is 2.34. The molecule has 0 saturated heterocycles. The minimum atomic E-state index is -0.318. The molecule has 0 amide bonds. The molecule has 0 spiro atoms. The number of hydrogen-bond acceptors (Lipinski definition) is 3. The minimum Gasteiger partial charge on any atom is -0.393 e. The van der Waals surface area contributed by atoms with Crippen LogP contribution in [0, 0.1) is 0 Å². The monoisotopic (exact) mass is 247 g/mol. The predicted molar refractivity (Wildman–Crippen MR) is 72.2 cm³/mol. The van der Waals surface area contributed by atoms with Crippen molar-refractivity contribution in [3.8, 4) is 0 Å². The fraction of sp³-hybridized carbons (Fsp3) is 0.429. The van der Waals surface area contributed by atoms with Crippen molar-refractivity contribution in [1.29, 1.82) is 0 Å². The highest BCUT2D eigenvalue weighted by Crippen LogP contribution is 2.40. The Kier molecular flexibility index (Phi) is 2.69. The lowest BCUT2D eigenvalue weighted by Crippen LogP contribution is -2.42. The van der Waals surface area contributed by atoms with Crippen molar-refractivity contribution in [2.24, 2.45) is 5.73 Å². The number of hydrogen-bond donors (Lipinski definition) is 2. The van der Waals surface area contributed by atoms with E-state index in [2.05, 4.69) is 30.3 Å². The van der Waals surface area contributed by atoms with Crippen molar-refractivity contribution in [1.82, 2.24) is 0 Å². The maximum absolute atomic E-state index is 9.81. The van der Waals surface area contributed by atoms with Gasteiger partial charge in [-0.15, -0.1) is 11.3 Å². The quantitative estimate of drug-likeness (QED) is 0.813. The molecule has 1 aromatic carbocycles. The molecule has 1 saturated carbocycles. The van der Waals surface area contributed by atoms with E-state index in [0.717, 1.165) is 19.3 Å². The molecule has 17 heavy (non-hydrogen) atoms. The van der Waals surface area contributed by atoms with Gasteiger partial charge in [-0.05, 0) is 43.2 Å². The minimum absolute atomic E-state index is 0.237. The predicted octanol–water partition coefficient (Wildman–Crippen LogP) is 2.99. The fourth-order valence-corrected chi connectivity index (χ4v) is 3.93. The maximum Gasteiger partial charge on any atom is 0.0561 e. The van der Waals surface area contributed by atoms with E-state index < -0.39 is 0 Å². The van der Waals surface area contributed by atoms with Gasteiger partial charge in [-0.1, -0.05) is 18.2 Å². The van der Waals surface area contributed by atoms with Crippen LogP contribution >= 0.6 is 11.3 Å². The summed E-state index contributed by atoms with van der Waals surface area (Å²) in [7, 11) is 0. The SMILES string of the molecule is NC1(c2cc3ccccc3s2)CCCC(O)C1. The molecule has 1 aliphatic rings. The lowest BCUT2D eigenvalue weighted by molar-refractivity contribution is 0.0879. The second kappa shape index (κ2) is 4.09. The van der Waals surface area contributed by atoms with Crippen LogP contribution in [0.5, 0.6) is 0 Å². The van der Waals surface area contributed by atoms with Crippen molar-refractivity contribution >= 4 is 21.4 Å². The van der Waals surface area contributed by atoms with Gasteiger partial charge in [0.15, 0.2) is 0 Å². The lowest BCUT2D eigenvalue weighted by atomic mass is 9.80. The van der Waals surface area contributed by atoms with Crippen LogP contribution in [0.3, 0.4) is 0 Å². The van der Waals surface area contributed by atoms with Gasteiger partial charge in [0.05, 0.1) is 11.6 Å². The van der Waals surface area contributed by atoms with Gasteiger partial charge in [-0.3, -0.25) is 0 Å². The third kappa shape index (κ3) is 1.99. The van der Waals surface area contributed by atoms with Crippen LogP contribution in [0.4, 0.5) is 0 Å². The van der Waals surface area contributed by atoms with Crippen LogP contribution in [0.1, 0.15) is 30.6 Å². The van der Waals surface area contributed by atoms with Crippen LogP contribution in [0.2, 0.25) is 0 Å². The molecule has 2 nitrogen and oxygen atoms in total. The van der Waals surface area contributed by atoms with E-state index in [1.807, 2.05) is 0 Å². The summed E-state index contributed by atoms with van der Waals surface area (Å²) in [4.78, 5) is 1.22. The molecule has 2 unspecified atom stereocenters. The summed E-state index contributed by atoms with van der Waals surface area (Å²) in [6, 6.07) is 10.6. The van der Waals surface area contributed by atoms with E-state index in [1.165, 1.54) is 15.0 Å². The molecule has 2 aromatic rings. The summed E-state index contributed by atoms with van der Waals surface area (Å²) >= 11 is 1.77. The van der Waals surface area contributed by atoms with Crippen molar-refractivity contribution < 1.29 is 5.11 Å². The van der Waals surface area contributed by atoms with Crippen molar-refractivity contribution in [3.05, 3.63) is 35.2 Å². The molecule has 1 aliphatic carbocycles. The Morgan fingerprint density at radius 1 is 1.35 bits per heavy atom. The van der Waals surface area contributed by atoms with Crippen LogP contribution < -0.4 is 5.73 Å². The Balaban J connectivity index is 2.02. The summed E-state index contributed by atoms with van der Waals surface area (Å²) in [5.41, 5.74) is 6.17. The van der Waals surface area contributed by atoms with Gasteiger partial charge >= 0.3 is 0 Å². The molecule has 3 rings (SSSR count). The van der Waals surface area contributed by atoms with E-state index in [4.69, 9.17) is 5.73 Å². The van der Waals surface area contributed by atoms with Gasteiger partial charge in [0.25, 0.3) is 0 Å². The Morgan fingerprint density at radius 3 is 2.94 bits per heavy atom. The normalized spacial score (nSPS) is 29.6. The Labute approximate surface area is 105 Å². The first kappa shape index (κ1) is 11.2. The highest BCUT2D eigenvalue weighted by molar-refractivity contribution is 7.19. The average Bonchev–Trinajstić information content (AvgIpc) is 2.73. The zero-order valence-corrected chi connectivity index (χ0v) is 10.5. The van der Waals surface area contributed by atoms with Crippen molar-refractivity contribution in [2.45, 2.75) is 37.3 Å². The standard InChI is InChI=1S/C14H17NOS/c15-14(7-3-5-11(16)9-14)13-8-10-4-1-2-6-12(10)17-13/h1-2,4,6,8,11,16H,3,5,7,9,15H2. The molecule has 90 valence electrons. The molecule has 1 fully saturated rings. The molecule has 3 heteroatoms. The Morgan fingerprint density at radius 2 is 2.18 bits per heavy atom.